The van der Waals surface area contributed by atoms with Crippen LogP contribution in [0.15, 0.2) is 48.5 Å². The SMILES string of the molecule is CC(=O)CNC1CCN(c2ccc(NC(=O)C(C)c3ccc(OCC4CC4)cc3)cc2)C1. The summed E-state index contributed by atoms with van der Waals surface area (Å²) in [5.74, 6) is 1.47. The van der Waals surface area contributed by atoms with Crippen LogP contribution >= 0.6 is 0 Å². The smallest absolute Gasteiger partial charge is 0.231 e. The van der Waals surface area contributed by atoms with E-state index in [4.69, 9.17) is 4.74 Å². The summed E-state index contributed by atoms with van der Waals surface area (Å²) in [5.41, 5.74) is 2.89. The first-order valence-electron chi connectivity index (χ1n) is 11.6. The van der Waals surface area contributed by atoms with Crippen molar-refractivity contribution in [2.75, 3.05) is 36.5 Å². The second kappa shape index (κ2) is 10.2. The van der Waals surface area contributed by atoms with Crippen molar-refractivity contribution in [2.24, 2.45) is 5.92 Å². The summed E-state index contributed by atoms with van der Waals surface area (Å²) in [5, 5.41) is 6.33. The number of carbonyl (C=O) groups is 2. The Morgan fingerprint density at radius 3 is 2.44 bits per heavy atom. The number of anilines is 2. The molecule has 2 aromatic rings. The van der Waals surface area contributed by atoms with Gasteiger partial charge in [0.2, 0.25) is 5.91 Å². The number of rotatable bonds is 10. The minimum atomic E-state index is -0.251. The van der Waals surface area contributed by atoms with Crippen molar-refractivity contribution in [1.29, 1.82) is 0 Å². The highest BCUT2D eigenvalue weighted by Crippen LogP contribution is 2.30. The summed E-state index contributed by atoms with van der Waals surface area (Å²) in [6.45, 7) is 6.58. The molecular weight excluding hydrogens is 402 g/mol. The van der Waals surface area contributed by atoms with Gasteiger partial charge in [-0.05, 0) is 81.0 Å². The summed E-state index contributed by atoms with van der Waals surface area (Å²) < 4.78 is 5.78. The zero-order chi connectivity index (χ0) is 22.5. The third-order valence-electron chi connectivity index (χ3n) is 6.28. The Labute approximate surface area is 190 Å². The standard InChI is InChI=1S/C26H33N3O3/c1-18(30)15-27-23-13-14-29(16-23)24-9-7-22(8-10-24)28-26(31)19(2)21-5-11-25(12-6-21)32-17-20-3-4-20/h5-12,19-20,23,27H,3-4,13-17H2,1-2H3,(H,28,31). The van der Waals surface area contributed by atoms with Gasteiger partial charge in [0.05, 0.1) is 19.1 Å². The van der Waals surface area contributed by atoms with E-state index in [1.807, 2.05) is 55.5 Å². The van der Waals surface area contributed by atoms with Crippen molar-refractivity contribution in [2.45, 2.75) is 45.1 Å². The zero-order valence-electron chi connectivity index (χ0n) is 19.0. The van der Waals surface area contributed by atoms with Crippen LogP contribution in [-0.4, -0.2) is 44.0 Å². The van der Waals surface area contributed by atoms with Gasteiger partial charge in [-0.1, -0.05) is 12.1 Å². The molecule has 2 unspecified atom stereocenters. The monoisotopic (exact) mass is 435 g/mol. The van der Waals surface area contributed by atoms with Gasteiger partial charge in [0.1, 0.15) is 11.5 Å². The molecule has 1 saturated heterocycles. The third-order valence-corrected chi connectivity index (χ3v) is 6.28. The fraction of sp³-hybridized carbons (Fsp3) is 0.462. The van der Waals surface area contributed by atoms with Gasteiger partial charge < -0.3 is 20.3 Å². The normalized spacial score (nSPS) is 18.9. The molecule has 170 valence electrons. The molecular formula is C26H33N3O3. The summed E-state index contributed by atoms with van der Waals surface area (Å²) in [6.07, 6.45) is 3.56. The highest BCUT2D eigenvalue weighted by molar-refractivity contribution is 5.95. The van der Waals surface area contributed by atoms with E-state index in [2.05, 4.69) is 15.5 Å². The fourth-order valence-corrected chi connectivity index (χ4v) is 3.96. The Balaban J connectivity index is 1.27. The molecule has 1 amide bonds. The molecule has 2 aromatic carbocycles. The lowest BCUT2D eigenvalue weighted by molar-refractivity contribution is -0.117. The second-order valence-corrected chi connectivity index (χ2v) is 9.10. The maximum atomic E-state index is 12.7. The lowest BCUT2D eigenvalue weighted by Gasteiger charge is -2.20. The van der Waals surface area contributed by atoms with Crippen molar-refractivity contribution in [3.8, 4) is 5.75 Å². The first-order valence-corrected chi connectivity index (χ1v) is 11.6. The van der Waals surface area contributed by atoms with Crippen LogP contribution in [0, 0.1) is 5.92 Å². The van der Waals surface area contributed by atoms with E-state index >= 15 is 0 Å². The van der Waals surface area contributed by atoms with Crippen molar-refractivity contribution in [3.63, 3.8) is 0 Å². The van der Waals surface area contributed by atoms with Crippen LogP contribution in [-0.2, 0) is 9.59 Å². The van der Waals surface area contributed by atoms with E-state index in [0.717, 1.165) is 54.7 Å². The number of benzene rings is 2. The van der Waals surface area contributed by atoms with E-state index in [1.54, 1.807) is 6.92 Å². The number of amides is 1. The molecule has 2 aliphatic rings. The van der Waals surface area contributed by atoms with Gasteiger partial charge in [-0.3, -0.25) is 9.59 Å². The summed E-state index contributed by atoms with van der Waals surface area (Å²) in [6, 6.07) is 16.2. The topological polar surface area (TPSA) is 70.7 Å². The predicted octanol–water partition coefficient (Wildman–Crippen LogP) is 3.97. The number of nitrogens with zero attached hydrogens (tertiary/aromatic N) is 1. The molecule has 0 radical (unpaired) electrons. The van der Waals surface area contributed by atoms with E-state index in [-0.39, 0.29) is 17.6 Å². The minimum Gasteiger partial charge on any atom is -0.493 e. The number of ketones is 1. The highest BCUT2D eigenvalue weighted by atomic mass is 16.5. The summed E-state index contributed by atoms with van der Waals surface area (Å²) >= 11 is 0. The zero-order valence-corrected chi connectivity index (χ0v) is 19.0. The fourth-order valence-electron chi connectivity index (χ4n) is 3.96. The molecule has 6 nitrogen and oxygen atoms in total. The molecule has 1 aliphatic carbocycles. The predicted molar refractivity (Wildman–Crippen MR) is 127 cm³/mol. The van der Waals surface area contributed by atoms with Crippen LogP contribution in [0.4, 0.5) is 11.4 Å². The molecule has 0 aromatic heterocycles. The van der Waals surface area contributed by atoms with Gasteiger partial charge in [-0.2, -0.15) is 0 Å². The number of ether oxygens (including phenoxy) is 1. The molecule has 1 heterocycles. The molecule has 1 aliphatic heterocycles. The van der Waals surface area contributed by atoms with Gasteiger partial charge in [0, 0.05) is 30.5 Å². The van der Waals surface area contributed by atoms with Crippen LogP contribution in [0.5, 0.6) is 5.75 Å². The highest BCUT2D eigenvalue weighted by Gasteiger charge is 2.23. The molecule has 32 heavy (non-hydrogen) atoms. The average Bonchev–Trinajstić information content (AvgIpc) is 3.51. The minimum absolute atomic E-state index is 0.0286. The van der Waals surface area contributed by atoms with Gasteiger partial charge >= 0.3 is 0 Å². The van der Waals surface area contributed by atoms with E-state index in [9.17, 15) is 9.59 Å². The Bertz CT molecular complexity index is 922. The maximum Gasteiger partial charge on any atom is 0.231 e. The molecule has 1 saturated carbocycles. The Morgan fingerprint density at radius 1 is 1.06 bits per heavy atom. The van der Waals surface area contributed by atoms with Gasteiger partial charge in [0.25, 0.3) is 0 Å². The van der Waals surface area contributed by atoms with Crippen LogP contribution < -0.4 is 20.3 Å². The average molecular weight is 436 g/mol. The number of hydrogen-bond donors (Lipinski definition) is 2. The lowest BCUT2D eigenvalue weighted by Crippen LogP contribution is -2.35. The summed E-state index contributed by atoms with van der Waals surface area (Å²) in [4.78, 5) is 26.2. The number of carbonyl (C=O) groups excluding carboxylic acids is 2. The van der Waals surface area contributed by atoms with Crippen molar-refractivity contribution in [1.82, 2.24) is 5.32 Å². The second-order valence-electron chi connectivity index (χ2n) is 9.10. The van der Waals surface area contributed by atoms with Crippen LogP contribution in [0.1, 0.15) is 44.6 Å². The molecule has 6 heteroatoms. The maximum absolute atomic E-state index is 12.7. The van der Waals surface area contributed by atoms with Crippen molar-refractivity contribution >= 4 is 23.1 Å². The number of Topliss-reactive ketones (excluding diaryl/α,β-unsaturated/α-hetero) is 1. The van der Waals surface area contributed by atoms with Gasteiger partial charge in [-0.25, -0.2) is 0 Å². The molecule has 4 rings (SSSR count). The molecule has 0 spiro atoms. The molecule has 2 atom stereocenters. The molecule has 2 N–H and O–H groups in total. The number of hydrogen-bond acceptors (Lipinski definition) is 5. The van der Waals surface area contributed by atoms with Crippen molar-refractivity contribution < 1.29 is 14.3 Å². The Morgan fingerprint density at radius 2 is 1.78 bits per heavy atom. The van der Waals surface area contributed by atoms with E-state index < -0.39 is 0 Å². The molecule has 2 fully saturated rings. The Kier molecular flexibility index (Phi) is 7.10. The molecule has 0 bridgehead atoms. The lowest BCUT2D eigenvalue weighted by atomic mass is 10.00. The Hall–Kier alpha value is -2.86. The first kappa shape index (κ1) is 22.3. The van der Waals surface area contributed by atoms with Crippen LogP contribution in [0.3, 0.4) is 0 Å². The van der Waals surface area contributed by atoms with Gasteiger partial charge in [0.15, 0.2) is 0 Å². The largest absolute Gasteiger partial charge is 0.493 e. The number of nitrogens with one attached hydrogen (secondary N) is 2. The van der Waals surface area contributed by atoms with E-state index in [1.165, 1.54) is 12.8 Å². The van der Waals surface area contributed by atoms with Crippen LogP contribution in [0.25, 0.3) is 0 Å². The first-order chi connectivity index (χ1) is 15.5. The van der Waals surface area contributed by atoms with Gasteiger partial charge in [-0.15, -0.1) is 0 Å². The summed E-state index contributed by atoms with van der Waals surface area (Å²) in [7, 11) is 0. The van der Waals surface area contributed by atoms with E-state index in [0.29, 0.717) is 12.6 Å². The quantitative estimate of drug-likeness (QED) is 0.591. The van der Waals surface area contributed by atoms with Crippen molar-refractivity contribution in [3.05, 3.63) is 54.1 Å². The third kappa shape index (κ3) is 6.10. The van der Waals surface area contributed by atoms with Crippen LogP contribution in [0.2, 0.25) is 0 Å².